The van der Waals surface area contributed by atoms with Crippen LogP contribution in [0.1, 0.15) is 88.1 Å². The maximum absolute atomic E-state index is 13.1. The number of aromatic nitrogens is 2. The molecule has 4 atom stereocenters. The van der Waals surface area contributed by atoms with Crippen molar-refractivity contribution in [2.45, 2.75) is 114 Å². The number of fused-ring (bicyclic) bond motifs is 5. The Hall–Kier alpha value is -3.07. The van der Waals surface area contributed by atoms with Gasteiger partial charge in [-0.2, -0.15) is 9.97 Å². The van der Waals surface area contributed by atoms with Crippen molar-refractivity contribution in [3.8, 4) is 11.8 Å². The van der Waals surface area contributed by atoms with Gasteiger partial charge >= 0.3 is 12.1 Å². The number of phenolic OH excluding ortho intramolecular Hbond substituents is 1. The summed E-state index contributed by atoms with van der Waals surface area (Å²) in [5, 5.41) is 13.9. The first-order chi connectivity index (χ1) is 20.2. The number of carbonyl (C=O) groups is 1. The van der Waals surface area contributed by atoms with Crippen LogP contribution in [0.2, 0.25) is 0 Å². The largest absolute Gasteiger partial charge is 0.508 e. The molecule has 9 nitrogen and oxygen atoms in total. The van der Waals surface area contributed by atoms with Crippen LogP contribution in [-0.4, -0.2) is 76.0 Å². The molecule has 2 aliphatic carbocycles. The number of hydrogen-bond acceptors (Lipinski definition) is 8. The smallest absolute Gasteiger partial charge is 0.410 e. The van der Waals surface area contributed by atoms with Crippen LogP contribution in [0.3, 0.4) is 0 Å². The monoisotopic (exact) mass is 575 g/mol. The summed E-state index contributed by atoms with van der Waals surface area (Å²) in [5.74, 6) is 1.33. The Bertz CT molecular complexity index is 1340. The van der Waals surface area contributed by atoms with Gasteiger partial charge in [0.1, 0.15) is 23.8 Å². The molecule has 1 unspecified atom stereocenters. The van der Waals surface area contributed by atoms with E-state index in [1.807, 2.05) is 37.8 Å². The van der Waals surface area contributed by atoms with Crippen molar-refractivity contribution in [1.82, 2.24) is 20.2 Å². The average molecular weight is 576 g/mol. The molecule has 5 aliphatic rings. The molecule has 1 aromatic carbocycles. The molecule has 42 heavy (non-hydrogen) atoms. The number of anilines is 1. The standard InChI is InChI=1S/C33H45N5O4/c1-32(2,3)42-31(40)38-23-9-10-24(38)19-37(18-23)29-26-12-14-33(13-4-6-21-8-11-25(39)16-27(21)33)17-28(26)35-30(36-29)41-20-22-7-5-15-34-22/h8,11,16,22-24,34,39H,4-7,9-10,12-15,17-20H2,1-3H3/t22-,23-,24+,33?/m0/s1. The molecule has 0 radical (unpaired) electrons. The van der Waals surface area contributed by atoms with Gasteiger partial charge in [0, 0.05) is 30.1 Å². The number of carbonyl (C=O) groups excluding carboxylic acids is 1. The van der Waals surface area contributed by atoms with E-state index in [2.05, 4.69) is 16.3 Å². The SMILES string of the molecule is CC(C)(C)OC(=O)N1[C@@H]2CC[C@H]1CN(c1nc(OC[C@@H]3CCCN3)nc3c1CCC1(CCCc4ccc(O)cc41)C3)C2. The Balaban J connectivity index is 1.20. The zero-order valence-electron chi connectivity index (χ0n) is 25.3. The number of nitrogens with zero attached hydrogens (tertiary/aromatic N) is 4. The average Bonchev–Trinajstić information content (AvgIpc) is 3.56. The van der Waals surface area contributed by atoms with E-state index in [0.29, 0.717) is 24.4 Å². The van der Waals surface area contributed by atoms with Gasteiger partial charge in [-0.25, -0.2) is 4.79 Å². The van der Waals surface area contributed by atoms with Crippen LogP contribution in [-0.2, 0) is 29.4 Å². The van der Waals surface area contributed by atoms with Crippen molar-refractivity contribution in [3.05, 3.63) is 40.6 Å². The molecule has 1 amide bonds. The van der Waals surface area contributed by atoms with E-state index in [0.717, 1.165) is 88.9 Å². The highest BCUT2D eigenvalue weighted by atomic mass is 16.6. The van der Waals surface area contributed by atoms with E-state index in [4.69, 9.17) is 19.4 Å². The highest BCUT2D eigenvalue weighted by Gasteiger charge is 2.47. The molecule has 2 bridgehead atoms. The molecule has 226 valence electrons. The molecular formula is C33H45N5O4. The van der Waals surface area contributed by atoms with Crippen molar-refractivity contribution in [1.29, 1.82) is 0 Å². The first kappa shape index (κ1) is 27.7. The van der Waals surface area contributed by atoms with Crippen molar-refractivity contribution in [2.75, 3.05) is 31.1 Å². The molecular weight excluding hydrogens is 530 g/mol. The number of aryl methyl sites for hydroxylation is 1. The number of piperazine rings is 1. The predicted octanol–water partition coefficient (Wildman–Crippen LogP) is 4.66. The summed E-state index contributed by atoms with van der Waals surface area (Å²) in [4.78, 5) is 27.7. The summed E-state index contributed by atoms with van der Waals surface area (Å²) in [6.07, 6.45) is 10.1. The normalized spacial score (nSPS) is 28.5. The van der Waals surface area contributed by atoms with E-state index < -0.39 is 5.60 Å². The number of amides is 1. The molecule has 0 saturated carbocycles. The zero-order valence-corrected chi connectivity index (χ0v) is 25.3. The van der Waals surface area contributed by atoms with Gasteiger partial charge < -0.3 is 24.8 Å². The highest BCUT2D eigenvalue weighted by molar-refractivity contribution is 5.70. The van der Waals surface area contributed by atoms with Crippen LogP contribution >= 0.6 is 0 Å². The van der Waals surface area contributed by atoms with Crippen molar-refractivity contribution in [3.63, 3.8) is 0 Å². The topological polar surface area (TPSA) is 100 Å². The third kappa shape index (κ3) is 5.18. The molecule has 2 N–H and O–H groups in total. The van der Waals surface area contributed by atoms with Gasteiger partial charge in [-0.3, -0.25) is 4.90 Å². The molecule has 2 aromatic rings. The summed E-state index contributed by atoms with van der Waals surface area (Å²) in [5.41, 5.74) is 4.42. The second-order valence-electron chi connectivity index (χ2n) is 14.2. The number of ether oxygens (including phenoxy) is 2. The minimum Gasteiger partial charge on any atom is -0.508 e. The minimum absolute atomic E-state index is 0.0241. The Morgan fingerprint density at radius 2 is 1.90 bits per heavy atom. The number of rotatable bonds is 4. The van der Waals surface area contributed by atoms with E-state index in [-0.39, 0.29) is 23.6 Å². The fourth-order valence-corrected chi connectivity index (χ4v) is 8.23. The van der Waals surface area contributed by atoms with Gasteiger partial charge in [-0.1, -0.05) is 6.07 Å². The quantitative estimate of drug-likeness (QED) is 0.543. The van der Waals surface area contributed by atoms with Gasteiger partial charge in [0.15, 0.2) is 0 Å². The van der Waals surface area contributed by atoms with Crippen LogP contribution in [0.25, 0.3) is 0 Å². The minimum atomic E-state index is -0.510. The summed E-state index contributed by atoms with van der Waals surface area (Å²) >= 11 is 0. The molecule has 7 rings (SSSR count). The predicted molar refractivity (Wildman–Crippen MR) is 160 cm³/mol. The number of aromatic hydroxyl groups is 1. The Labute approximate surface area is 249 Å². The van der Waals surface area contributed by atoms with Crippen LogP contribution in [0.15, 0.2) is 18.2 Å². The maximum atomic E-state index is 13.1. The molecule has 3 saturated heterocycles. The lowest BCUT2D eigenvalue weighted by Gasteiger charge is -2.45. The molecule has 3 aliphatic heterocycles. The van der Waals surface area contributed by atoms with Crippen molar-refractivity contribution >= 4 is 11.9 Å². The van der Waals surface area contributed by atoms with Gasteiger partial charge in [-0.05, 0) is 115 Å². The summed E-state index contributed by atoms with van der Waals surface area (Å²) in [6, 6.07) is 6.94. The summed E-state index contributed by atoms with van der Waals surface area (Å²) < 4.78 is 12.1. The second-order valence-corrected chi connectivity index (χ2v) is 14.2. The van der Waals surface area contributed by atoms with Gasteiger partial charge in [0.2, 0.25) is 0 Å². The number of nitrogens with one attached hydrogen (secondary N) is 1. The fourth-order valence-electron chi connectivity index (χ4n) is 8.23. The zero-order chi connectivity index (χ0) is 29.1. The lowest BCUT2D eigenvalue weighted by molar-refractivity contribution is 0.0122. The van der Waals surface area contributed by atoms with Crippen LogP contribution in [0.4, 0.5) is 10.6 Å². The van der Waals surface area contributed by atoms with Crippen LogP contribution in [0, 0.1) is 0 Å². The maximum Gasteiger partial charge on any atom is 0.410 e. The third-order valence-corrected chi connectivity index (χ3v) is 10.1. The van der Waals surface area contributed by atoms with Crippen molar-refractivity contribution in [2.24, 2.45) is 0 Å². The van der Waals surface area contributed by atoms with E-state index in [9.17, 15) is 9.90 Å². The first-order valence-electron chi connectivity index (χ1n) is 16.0. The highest BCUT2D eigenvalue weighted by Crippen LogP contribution is 2.49. The Morgan fingerprint density at radius 3 is 2.64 bits per heavy atom. The second kappa shape index (κ2) is 10.6. The number of phenols is 1. The number of benzene rings is 1. The van der Waals surface area contributed by atoms with E-state index in [1.165, 1.54) is 23.1 Å². The summed E-state index contributed by atoms with van der Waals surface area (Å²) in [7, 11) is 0. The lowest BCUT2D eigenvalue weighted by Crippen LogP contribution is -2.57. The molecule has 3 fully saturated rings. The van der Waals surface area contributed by atoms with Crippen LogP contribution < -0.4 is 15.0 Å². The molecule has 9 heteroatoms. The molecule has 1 aromatic heterocycles. The number of hydrogen-bond donors (Lipinski definition) is 2. The van der Waals surface area contributed by atoms with Gasteiger partial charge in [0.25, 0.3) is 0 Å². The van der Waals surface area contributed by atoms with Gasteiger partial charge in [-0.15, -0.1) is 0 Å². The van der Waals surface area contributed by atoms with E-state index in [1.54, 1.807) is 0 Å². The molecule has 1 spiro atoms. The fraction of sp³-hybridized carbons (Fsp3) is 0.667. The summed E-state index contributed by atoms with van der Waals surface area (Å²) in [6.45, 7) is 8.87. The molecule has 4 heterocycles. The van der Waals surface area contributed by atoms with Crippen LogP contribution in [0.5, 0.6) is 11.8 Å². The Kier molecular flexibility index (Phi) is 6.99. The third-order valence-electron chi connectivity index (χ3n) is 10.1. The van der Waals surface area contributed by atoms with Crippen molar-refractivity contribution < 1.29 is 19.4 Å². The van der Waals surface area contributed by atoms with Gasteiger partial charge in [0.05, 0.1) is 17.8 Å². The first-order valence-corrected chi connectivity index (χ1v) is 16.0. The van der Waals surface area contributed by atoms with E-state index >= 15 is 0 Å². The Morgan fingerprint density at radius 1 is 1.10 bits per heavy atom. The lowest BCUT2D eigenvalue weighted by atomic mass is 9.62.